The van der Waals surface area contributed by atoms with Crippen molar-refractivity contribution in [1.29, 1.82) is 0 Å². The summed E-state index contributed by atoms with van der Waals surface area (Å²) in [6.45, 7) is 0. The molecule has 0 unspecified atom stereocenters. The summed E-state index contributed by atoms with van der Waals surface area (Å²) in [5, 5.41) is 0. The van der Waals surface area contributed by atoms with E-state index in [1.54, 1.807) is 0 Å². The van der Waals surface area contributed by atoms with Gasteiger partial charge in [-0.2, -0.15) is 0 Å². The molecule has 9 rings (SSSR count). The molecule has 2 aliphatic rings. The second-order valence-electron chi connectivity index (χ2n) is 12.8. The van der Waals surface area contributed by atoms with Crippen molar-refractivity contribution in [2.75, 3.05) is 11.5 Å². The minimum atomic E-state index is 0.279. The van der Waals surface area contributed by atoms with Crippen LogP contribution >= 0.6 is 0 Å². The van der Waals surface area contributed by atoms with E-state index in [4.69, 9.17) is 32.9 Å². The second kappa shape index (κ2) is 12.2. The predicted molar refractivity (Wildman–Crippen MR) is 215 cm³/mol. The van der Waals surface area contributed by atoms with Crippen molar-refractivity contribution in [3.8, 4) is 39.1 Å². The Morgan fingerprint density at radius 1 is 0.500 bits per heavy atom. The van der Waals surface area contributed by atoms with Gasteiger partial charge in [-0.25, -0.2) is 9.97 Å². The molecule has 0 fully saturated rings. The Bertz CT molecular complexity index is 2740. The Hall–Kier alpha value is -7.32. The third-order valence-corrected chi connectivity index (χ3v) is 9.57. The summed E-state index contributed by atoms with van der Waals surface area (Å²) >= 11 is 0. The number of benzene rings is 4. The van der Waals surface area contributed by atoms with Crippen LogP contribution < -0.4 is 22.9 Å². The van der Waals surface area contributed by atoms with Crippen LogP contribution in [0.15, 0.2) is 140 Å². The highest BCUT2D eigenvalue weighted by Crippen LogP contribution is 2.48. The molecule has 5 heterocycles. The third-order valence-electron chi connectivity index (χ3n) is 9.57. The molecule has 9 N–H and O–H groups in total. The maximum absolute atomic E-state index is 7.04. The number of hydrogen-bond acceptors (Lipinski definition) is 6. The number of nitrogens with two attached hydrogens (primary N) is 4. The highest BCUT2D eigenvalue weighted by atomic mass is 15.0. The molecule has 8 nitrogen and oxygen atoms in total. The average molecular weight is 675 g/mol. The molecular weight excluding hydrogens is 641 g/mol. The highest BCUT2D eigenvalue weighted by Gasteiger charge is 2.28. The molecule has 3 aromatic heterocycles. The number of anilines is 2. The van der Waals surface area contributed by atoms with E-state index in [2.05, 4.69) is 88.4 Å². The van der Waals surface area contributed by atoms with Crippen molar-refractivity contribution in [1.82, 2.24) is 19.5 Å². The molecule has 0 aliphatic carbocycles. The van der Waals surface area contributed by atoms with Crippen LogP contribution in [0.3, 0.4) is 0 Å². The van der Waals surface area contributed by atoms with Crippen molar-refractivity contribution in [3.05, 3.63) is 162 Å². The number of nitrogen functional groups attached to an aromatic ring is 2. The van der Waals surface area contributed by atoms with E-state index < -0.39 is 0 Å². The average Bonchev–Trinajstić information content (AvgIpc) is 3.94. The van der Waals surface area contributed by atoms with Crippen LogP contribution in [0.25, 0.3) is 84.7 Å². The molecule has 8 heteroatoms. The Labute approximate surface area is 300 Å². The number of aromatic nitrogens is 4. The number of nitrogens with zero attached hydrogens (tertiary/aromatic N) is 3. The number of rotatable bonds is 4. The fourth-order valence-corrected chi connectivity index (χ4v) is 7.23. The Balaban J connectivity index is 1.65. The Morgan fingerprint density at radius 2 is 1.02 bits per heavy atom. The summed E-state index contributed by atoms with van der Waals surface area (Å²) in [5.41, 5.74) is 40.9. The summed E-state index contributed by atoms with van der Waals surface area (Å²) in [5.74, 6) is 0. The summed E-state index contributed by atoms with van der Waals surface area (Å²) in [7, 11) is 0. The molecule has 52 heavy (non-hydrogen) atoms. The molecule has 2 aliphatic heterocycles. The Morgan fingerprint density at radius 3 is 1.63 bits per heavy atom. The van der Waals surface area contributed by atoms with E-state index in [1.165, 1.54) is 0 Å². The van der Waals surface area contributed by atoms with E-state index in [-0.39, 0.29) is 5.70 Å². The van der Waals surface area contributed by atoms with Crippen molar-refractivity contribution in [3.63, 3.8) is 0 Å². The quantitative estimate of drug-likeness (QED) is 0.126. The molecule has 7 aromatic rings. The highest BCUT2D eigenvalue weighted by molar-refractivity contribution is 6.12. The number of H-pyrrole nitrogens is 1. The molecule has 0 spiro atoms. The minimum absolute atomic E-state index is 0.279. The van der Waals surface area contributed by atoms with Crippen LogP contribution in [0, 0.1) is 0 Å². The minimum Gasteiger partial charge on any atom is -0.397 e. The van der Waals surface area contributed by atoms with Gasteiger partial charge < -0.3 is 32.5 Å². The van der Waals surface area contributed by atoms with Gasteiger partial charge in [0.2, 0.25) is 0 Å². The van der Waals surface area contributed by atoms with Crippen molar-refractivity contribution < 1.29 is 0 Å². The van der Waals surface area contributed by atoms with Gasteiger partial charge in [0.15, 0.2) is 0 Å². The zero-order chi connectivity index (χ0) is 35.3. The fourth-order valence-electron chi connectivity index (χ4n) is 7.23. The smallest absolute Gasteiger partial charge is 0.114 e. The van der Waals surface area contributed by atoms with Crippen molar-refractivity contribution in [2.45, 2.75) is 0 Å². The zero-order valence-electron chi connectivity index (χ0n) is 28.1. The maximum Gasteiger partial charge on any atom is 0.114 e. The predicted octanol–water partition coefficient (Wildman–Crippen LogP) is 8.86. The molecule has 4 aromatic carbocycles. The second-order valence-corrected chi connectivity index (χ2v) is 12.8. The molecular formula is C44H34N8. The van der Waals surface area contributed by atoms with Gasteiger partial charge in [-0.3, -0.25) is 0 Å². The lowest BCUT2D eigenvalue weighted by Crippen LogP contribution is -2.05. The first-order valence-electron chi connectivity index (χ1n) is 17.0. The lowest BCUT2D eigenvalue weighted by atomic mass is 9.93. The first-order chi connectivity index (χ1) is 25.5. The van der Waals surface area contributed by atoms with Crippen LogP contribution in [0.4, 0.5) is 11.4 Å². The standard InChI is InChI=1S/C44H34N8/c45-33-24-31-23-29-21-22-30(49-29)25-34-35(26-13-5-1-6-14-26)36(27-15-7-2-8-16-27)44(52(34)32-19-11-4-12-20-32)37(28-17-9-3-10-18-28)42-38(46)39(47)43(51-42)40(48)41(33)50-31/h1-25,50H,45-48H2. The van der Waals surface area contributed by atoms with E-state index in [0.29, 0.717) is 34.0 Å². The van der Waals surface area contributed by atoms with Crippen molar-refractivity contribution in [2.24, 2.45) is 11.5 Å². The number of aromatic amines is 1. The van der Waals surface area contributed by atoms with Gasteiger partial charge in [0, 0.05) is 27.9 Å². The molecule has 0 atom stereocenters. The summed E-state index contributed by atoms with van der Waals surface area (Å²) in [6.07, 6.45) is 4.03. The summed E-state index contributed by atoms with van der Waals surface area (Å²) in [6, 6.07) is 47.3. The van der Waals surface area contributed by atoms with E-state index in [9.17, 15) is 0 Å². The summed E-state index contributed by atoms with van der Waals surface area (Å²) < 4.78 is 2.29. The largest absolute Gasteiger partial charge is 0.397 e. The fraction of sp³-hybridized carbons (Fsp3) is 0. The van der Waals surface area contributed by atoms with Gasteiger partial charge in [0.1, 0.15) is 5.69 Å². The first kappa shape index (κ1) is 30.7. The van der Waals surface area contributed by atoms with E-state index in [1.807, 2.05) is 72.8 Å². The van der Waals surface area contributed by atoms with Gasteiger partial charge in [-0.1, -0.05) is 109 Å². The molecule has 0 saturated carbocycles. The Kier molecular flexibility index (Phi) is 7.22. The van der Waals surface area contributed by atoms with Gasteiger partial charge in [0.25, 0.3) is 0 Å². The van der Waals surface area contributed by atoms with E-state index in [0.717, 1.165) is 67.0 Å². The molecule has 0 saturated heterocycles. The van der Waals surface area contributed by atoms with Gasteiger partial charge in [0.05, 0.1) is 56.4 Å². The molecule has 0 amide bonds. The molecule has 250 valence electrons. The number of nitrogens with one attached hydrogen (secondary N) is 1. The topological polar surface area (TPSA) is 151 Å². The summed E-state index contributed by atoms with van der Waals surface area (Å²) in [4.78, 5) is 13.6. The van der Waals surface area contributed by atoms with Crippen LogP contribution in [0.2, 0.25) is 0 Å². The lowest BCUT2D eigenvalue weighted by molar-refractivity contribution is 1.17. The number of hydrogen-bond donors (Lipinski definition) is 5. The SMILES string of the molecule is NC1=C(N)c2nc1c(N)c1[nH]c(cc3nc(cc4c(-c5ccccc5)c(-c5ccccc5)c(c2-c2ccccc2)n4-c2ccccc2)C=C3)cc1N. The lowest BCUT2D eigenvalue weighted by Gasteiger charge is -2.14. The normalized spacial score (nSPS) is 12.4. The number of para-hydroxylation sites is 1. The van der Waals surface area contributed by atoms with Crippen LogP contribution in [0.5, 0.6) is 0 Å². The van der Waals surface area contributed by atoms with Crippen LogP contribution in [0.1, 0.15) is 22.8 Å². The number of fused-ring (bicyclic) bond motifs is 8. The van der Waals surface area contributed by atoms with Crippen LogP contribution in [-0.4, -0.2) is 19.5 Å². The van der Waals surface area contributed by atoms with Gasteiger partial charge in [-0.05, 0) is 59.2 Å². The first-order valence-corrected chi connectivity index (χ1v) is 17.0. The maximum atomic E-state index is 7.04. The molecule has 8 bridgehead atoms. The van der Waals surface area contributed by atoms with E-state index >= 15 is 0 Å². The molecule has 0 radical (unpaired) electrons. The van der Waals surface area contributed by atoms with Crippen LogP contribution in [-0.2, 0) is 0 Å². The van der Waals surface area contributed by atoms with Gasteiger partial charge >= 0.3 is 0 Å². The monoisotopic (exact) mass is 674 g/mol. The van der Waals surface area contributed by atoms with Crippen molar-refractivity contribution >= 4 is 57.0 Å². The van der Waals surface area contributed by atoms with Gasteiger partial charge in [-0.15, -0.1) is 0 Å². The zero-order valence-corrected chi connectivity index (χ0v) is 28.1. The third kappa shape index (κ3) is 5.01.